The lowest BCUT2D eigenvalue weighted by Gasteiger charge is -2.22. The molecule has 18 heavy (non-hydrogen) atoms. The molecule has 102 valence electrons. The Morgan fingerprint density at radius 2 is 2.00 bits per heavy atom. The minimum absolute atomic E-state index is 0.0573. The number of pyridine rings is 1. The Morgan fingerprint density at radius 1 is 1.39 bits per heavy atom. The summed E-state index contributed by atoms with van der Waals surface area (Å²) in [4.78, 5) is 3.64. The summed E-state index contributed by atoms with van der Waals surface area (Å²) in [6, 6.07) is 0.822. The van der Waals surface area contributed by atoms with Crippen LogP contribution in [0.5, 0.6) is 0 Å². The minimum Gasteiger partial charge on any atom is -0.396 e. The van der Waals surface area contributed by atoms with Crippen LogP contribution in [0.15, 0.2) is 12.3 Å². The summed E-state index contributed by atoms with van der Waals surface area (Å²) >= 11 is 5.72. The molecule has 0 bridgehead atoms. The Labute approximate surface area is 108 Å². The molecule has 0 unspecified atom stereocenters. The van der Waals surface area contributed by atoms with Gasteiger partial charge in [0.15, 0.2) is 0 Å². The molecule has 0 saturated heterocycles. The van der Waals surface area contributed by atoms with Crippen molar-refractivity contribution < 1.29 is 18.3 Å². The number of aliphatic hydroxyl groups excluding tert-OH is 1. The molecule has 3 nitrogen and oxygen atoms in total. The van der Waals surface area contributed by atoms with Gasteiger partial charge in [0.05, 0.1) is 10.6 Å². The number of aromatic nitrogens is 1. The highest BCUT2D eigenvalue weighted by molar-refractivity contribution is 6.32. The van der Waals surface area contributed by atoms with E-state index in [-0.39, 0.29) is 17.4 Å². The van der Waals surface area contributed by atoms with E-state index >= 15 is 0 Å². The van der Waals surface area contributed by atoms with Crippen molar-refractivity contribution >= 4 is 17.4 Å². The molecule has 0 aromatic carbocycles. The Kier molecular flexibility index (Phi) is 4.45. The molecule has 1 aromatic rings. The molecule has 0 aliphatic rings. The zero-order valence-corrected chi connectivity index (χ0v) is 10.7. The van der Waals surface area contributed by atoms with Gasteiger partial charge in [-0.2, -0.15) is 13.2 Å². The normalized spacial score (nSPS) is 12.6. The quantitative estimate of drug-likeness (QED) is 0.891. The fourth-order valence-electron chi connectivity index (χ4n) is 1.10. The van der Waals surface area contributed by atoms with E-state index in [4.69, 9.17) is 16.7 Å². The van der Waals surface area contributed by atoms with Gasteiger partial charge in [0.2, 0.25) is 0 Å². The fraction of sp³-hybridized carbons (Fsp3) is 0.545. The van der Waals surface area contributed by atoms with Crippen molar-refractivity contribution in [2.45, 2.75) is 20.0 Å². The lowest BCUT2D eigenvalue weighted by Crippen LogP contribution is -2.27. The van der Waals surface area contributed by atoms with Gasteiger partial charge in [-0.1, -0.05) is 25.4 Å². The average molecular weight is 283 g/mol. The third-order valence-corrected chi connectivity index (χ3v) is 2.62. The molecular weight excluding hydrogens is 269 g/mol. The molecule has 1 aromatic heterocycles. The maximum Gasteiger partial charge on any atom is 0.417 e. The lowest BCUT2D eigenvalue weighted by atomic mass is 9.95. The molecule has 0 atom stereocenters. The highest BCUT2D eigenvalue weighted by Crippen LogP contribution is 2.32. The summed E-state index contributed by atoms with van der Waals surface area (Å²) in [7, 11) is 0. The van der Waals surface area contributed by atoms with E-state index in [1.54, 1.807) is 13.8 Å². The molecule has 0 aliphatic carbocycles. The van der Waals surface area contributed by atoms with Crippen LogP contribution in [0.25, 0.3) is 0 Å². The summed E-state index contributed by atoms with van der Waals surface area (Å²) < 4.78 is 37.1. The zero-order valence-electron chi connectivity index (χ0n) is 9.98. The predicted octanol–water partition coefficient (Wildman–Crippen LogP) is 3.18. The lowest BCUT2D eigenvalue weighted by molar-refractivity contribution is -0.137. The number of hydrogen-bond acceptors (Lipinski definition) is 3. The monoisotopic (exact) mass is 282 g/mol. The largest absolute Gasteiger partial charge is 0.417 e. The summed E-state index contributed by atoms with van der Waals surface area (Å²) in [6.07, 6.45) is -3.74. The molecule has 7 heteroatoms. The standard InChI is InChI=1S/C11H14ClF3N2O/c1-10(2,6-18)5-17-9-8(12)3-7(4-16-9)11(13,14)15/h3-4,18H,5-6H2,1-2H3,(H,16,17). The van der Waals surface area contributed by atoms with Gasteiger partial charge in [-0.05, 0) is 6.07 Å². The average Bonchev–Trinajstić information content (AvgIpc) is 2.26. The van der Waals surface area contributed by atoms with Crippen molar-refractivity contribution in [2.24, 2.45) is 5.41 Å². The van der Waals surface area contributed by atoms with E-state index in [9.17, 15) is 13.2 Å². The fourth-order valence-corrected chi connectivity index (χ4v) is 1.34. The van der Waals surface area contributed by atoms with Crippen molar-refractivity contribution in [3.8, 4) is 0 Å². The minimum atomic E-state index is -4.46. The number of anilines is 1. The second-order valence-corrected chi connectivity index (χ2v) is 5.14. The van der Waals surface area contributed by atoms with Crippen molar-refractivity contribution in [1.82, 2.24) is 4.98 Å². The van der Waals surface area contributed by atoms with Crippen LogP contribution < -0.4 is 5.32 Å². The molecule has 0 amide bonds. The molecule has 0 fully saturated rings. The number of halogens is 4. The van der Waals surface area contributed by atoms with Crippen LogP contribution in [-0.2, 0) is 6.18 Å². The Bertz CT molecular complexity index is 421. The van der Waals surface area contributed by atoms with Gasteiger partial charge in [-0.25, -0.2) is 4.98 Å². The van der Waals surface area contributed by atoms with Crippen LogP contribution in [0, 0.1) is 5.41 Å². The Balaban J connectivity index is 2.81. The molecule has 0 radical (unpaired) electrons. The van der Waals surface area contributed by atoms with Crippen molar-refractivity contribution in [2.75, 3.05) is 18.5 Å². The second-order valence-electron chi connectivity index (χ2n) is 4.73. The molecule has 0 saturated carbocycles. The maximum absolute atomic E-state index is 12.4. The van der Waals surface area contributed by atoms with Crippen molar-refractivity contribution in [1.29, 1.82) is 0 Å². The second kappa shape index (κ2) is 5.32. The van der Waals surface area contributed by atoms with Gasteiger partial charge in [0, 0.05) is 24.8 Å². The Hall–Kier alpha value is -1.01. The van der Waals surface area contributed by atoms with Crippen molar-refractivity contribution in [3.05, 3.63) is 22.8 Å². The third-order valence-electron chi connectivity index (χ3n) is 2.33. The van der Waals surface area contributed by atoms with E-state index in [1.807, 2.05) is 0 Å². The molecule has 0 spiro atoms. The summed E-state index contributed by atoms with van der Waals surface area (Å²) in [6.45, 7) is 3.90. The molecular formula is C11H14ClF3N2O. The zero-order chi connectivity index (χ0) is 14.0. The van der Waals surface area contributed by atoms with Gasteiger partial charge in [0.1, 0.15) is 5.82 Å². The summed E-state index contributed by atoms with van der Waals surface area (Å²) in [5.41, 5.74) is -1.30. The number of aliphatic hydroxyl groups is 1. The summed E-state index contributed by atoms with van der Waals surface area (Å²) in [5.74, 6) is 0.172. The highest BCUT2D eigenvalue weighted by atomic mass is 35.5. The molecule has 1 heterocycles. The van der Waals surface area contributed by atoms with Crippen LogP contribution in [0.1, 0.15) is 19.4 Å². The maximum atomic E-state index is 12.4. The van der Waals surface area contributed by atoms with E-state index in [0.29, 0.717) is 6.54 Å². The van der Waals surface area contributed by atoms with E-state index < -0.39 is 17.2 Å². The van der Waals surface area contributed by atoms with Crippen LogP contribution in [0.3, 0.4) is 0 Å². The number of nitrogens with one attached hydrogen (secondary N) is 1. The van der Waals surface area contributed by atoms with Crippen LogP contribution >= 0.6 is 11.6 Å². The first kappa shape index (κ1) is 15.0. The first-order valence-corrected chi connectivity index (χ1v) is 5.61. The third kappa shape index (κ3) is 4.03. The van der Waals surface area contributed by atoms with Gasteiger partial charge in [0.25, 0.3) is 0 Å². The number of alkyl halides is 3. The van der Waals surface area contributed by atoms with Crippen LogP contribution in [0.4, 0.5) is 19.0 Å². The van der Waals surface area contributed by atoms with Gasteiger partial charge < -0.3 is 10.4 Å². The number of hydrogen-bond donors (Lipinski definition) is 2. The SMILES string of the molecule is CC(C)(CO)CNc1ncc(C(F)(F)F)cc1Cl. The van der Waals surface area contributed by atoms with E-state index in [2.05, 4.69) is 10.3 Å². The van der Waals surface area contributed by atoms with Gasteiger partial charge in [-0.3, -0.25) is 0 Å². The number of rotatable bonds is 4. The topological polar surface area (TPSA) is 45.1 Å². The highest BCUT2D eigenvalue weighted by Gasteiger charge is 2.31. The summed E-state index contributed by atoms with van der Waals surface area (Å²) in [5, 5.41) is 11.8. The smallest absolute Gasteiger partial charge is 0.396 e. The first-order valence-electron chi connectivity index (χ1n) is 5.23. The molecule has 0 aliphatic heterocycles. The van der Waals surface area contributed by atoms with Gasteiger partial charge >= 0.3 is 6.18 Å². The van der Waals surface area contributed by atoms with Gasteiger partial charge in [-0.15, -0.1) is 0 Å². The number of nitrogens with zero attached hydrogens (tertiary/aromatic N) is 1. The van der Waals surface area contributed by atoms with E-state index in [1.165, 1.54) is 0 Å². The van der Waals surface area contributed by atoms with Crippen molar-refractivity contribution in [3.63, 3.8) is 0 Å². The van der Waals surface area contributed by atoms with E-state index in [0.717, 1.165) is 12.3 Å². The van der Waals surface area contributed by atoms with Crippen LogP contribution in [0.2, 0.25) is 5.02 Å². The Morgan fingerprint density at radius 3 is 2.44 bits per heavy atom. The first-order chi connectivity index (χ1) is 8.15. The predicted molar refractivity (Wildman–Crippen MR) is 63.6 cm³/mol. The van der Waals surface area contributed by atoms with Crippen LogP contribution in [-0.4, -0.2) is 23.2 Å². The molecule has 1 rings (SSSR count). The molecule has 2 N–H and O–H groups in total.